The number of fused-ring (bicyclic) bond motifs is 1. The summed E-state index contributed by atoms with van der Waals surface area (Å²) in [5.41, 5.74) is -2.84. The van der Waals surface area contributed by atoms with Gasteiger partial charge in [0, 0.05) is 13.1 Å². The Balaban J connectivity index is 2.22. The number of ether oxygens (including phenoxy) is 2. The second kappa shape index (κ2) is 14.3. The topological polar surface area (TPSA) is 160 Å². The summed E-state index contributed by atoms with van der Waals surface area (Å²) in [6, 6.07) is -3.12. The van der Waals surface area contributed by atoms with Crippen LogP contribution in [0.4, 0.5) is 4.79 Å². The highest BCUT2D eigenvalue weighted by molar-refractivity contribution is 6.38. The van der Waals surface area contributed by atoms with Crippen molar-refractivity contribution in [3.63, 3.8) is 0 Å². The molecule has 1 aliphatic carbocycles. The molecule has 2 unspecified atom stereocenters. The standard InChI is InChI=1S/C34H52N4O8/c1-13-15-16-21(25(40)28(42)35-18-17-22(39)45-33(9,10)14-2)36-27(41)24-23-20(34(23,11)12)19-38(24)29(43)26(31(3,4)5)37-30(44)46-32(6,7)8/h2,13,20-21,23-24,26H,1,15-19H2,3-12H3,(H,35,42)(H,36,41)(H,37,44)/t20-,21?,23?,24-,26+/m0/s1. The van der Waals surface area contributed by atoms with Crippen molar-refractivity contribution in [1.29, 1.82) is 0 Å². The zero-order valence-corrected chi connectivity index (χ0v) is 29.0. The molecule has 2 fully saturated rings. The Bertz CT molecular complexity index is 1270. The molecule has 2 aliphatic rings. The Hall–Kier alpha value is -3.88. The maximum atomic E-state index is 14.0. The fraction of sp³-hybridized carbons (Fsp3) is 0.706. The van der Waals surface area contributed by atoms with Crippen molar-refractivity contribution in [3.05, 3.63) is 12.7 Å². The molecule has 256 valence electrons. The van der Waals surface area contributed by atoms with E-state index in [-0.39, 0.29) is 36.6 Å². The molecule has 1 saturated carbocycles. The van der Waals surface area contributed by atoms with E-state index in [0.29, 0.717) is 13.0 Å². The van der Waals surface area contributed by atoms with Crippen LogP contribution >= 0.6 is 0 Å². The maximum Gasteiger partial charge on any atom is 0.408 e. The summed E-state index contributed by atoms with van der Waals surface area (Å²) in [6.45, 7) is 21.5. The number of allylic oxidation sites excluding steroid dienone is 1. The fourth-order valence-electron chi connectivity index (χ4n) is 5.75. The molecular formula is C34H52N4O8. The number of amides is 4. The van der Waals surface area contributed by atoms with Crippen LogP contribution in [0.25, 0.3) is 0 Å². The quantitative estimate of drug-likeness (QED) is 0.119. The van der Waals surface area contributed by atoms with Gasteiger partial charge in [0.2, 0.25) is 17.6 Å². The summed E-state index contributed by atoms with van der Waals surface area (Å²) in [5.74, 6) is -1.32. The Morgan fingerprint density at radius 1 is 1.02 bits per heavy atom. The van der Waals surface area contributed by atoms with Crippen LogP contribution in [0, 0.1) is 35.0 Å². The van der Waals surface area contributed by atoms with E-state index in [0.717, 1.165) is 0 Å². The van der Waals surface area contributed by atoms with Gasteiger partial charge in [0.25, 0.3) is 5.91 Å². The number of esters is 1. The van der Waals surface area contributed by atoms with E-state index in [9.17, 15) is 28.8 Å². The number of terminal acetylenes is 1. The lowest BCUT2D eigenvalue weighted by Gasteiger charge is -2.38. The SMILES string of the molecule is C#CC(C)(C)OC(=O)CCNC(=O)C(=O)C(CCC=C)NC(=O)[C@@H]1C2[C@H](CN1C(=O)[C@@H](NC(=O)OC(C)(C)C)C(C)(C)C)C2(C)C. The van der Waals surface area contributed by atoms with Gasteiger partial charge in [-0.25, -0.2) is 4.79 Å². The first-order valence-electron chi connectivity index (χ1n) is 15.7. The number of hydrogen-bond donors (Lipinski definition) is 3. The maximum absolute atomic E-state index is 14.0. The van der Waals surface area contributed by atoms with Gasteiger partial charge in [0.05, 0.1) is 12.5 Å². The van der Waals surface area contributed by atoms with E-state index in [1.165, 1.54) is 4.90 Å². The monoisotopic (exact) mass is 644 g/mol. The molecule has 0 aromatic carbocycles. The van der Waals surface area contributed by atoms with Gasteiger partial charge in [0.1, 0.15) is 17.7 Å². The van der Waals surface area contributed by atoms with Crippen LogP contribution in [0.3, 0.4) is 0 Å². The van der Waals surface area contributed by atoms with Crippen LogP contribution in [0.1, 0.15) is 88.5 Å². The lowest BCUT2D eigenvalue weighted by atomic mass is 9.85. The molecule has 2 rings (SSSR count). The number of nitrogens with one attached hydrogen (secondary N) is 3. The third kappa shape index (κ3) is 9.81. The lowest BCUT2D eigenvalue weighted by Crippen LogP contribution is -2.60. The van der Waals surface area contributed by atoms with E-state index in [1.807, 2.05) is 13.8 Å². The number of likely N-dealkylation sites (tertiary alicyclic amines) is 1. The fourth-order valence-corrected chi connectivity index (χ4v) is 5.75. The zero-order valence-electron chi connectivity index (χ0n) is 29.0. The minimum atomic E-state index is -1.20. The number of piperidine rings is 1. The van der Waals surface area contributed by atoms with Crippen molar-refractivity contribution in [1.82, 2.24) is 20.9 Å². The molecule has 0 aromatic rings. The minimum Gasteiger partial charge on any atom is -0.446 e. The van der Waals surface area contributed by atoms with Crippen LogP contribution < -0.4 is 16.0 Å². The van der Waals surface area contributed by atoms with Gasteiger partial charge in [-0.15, -0.1) is 13.0 Å². The smallest absolute Gasteiger partial charge is 0.408 e. The van der Waals surface area contributed by atoms with Crippen molar-refractivity contribution >= 4 is 35.6 Å². The molecule has 46 heavy (non-hydrogen) atoms. The van der Waals surface area contributed by atoms with Crippen molar-refractivity contribution in [2.75, 3.05) is 13.1 Å². The third-order valence-electron chi connectivity index (χ3n) is 8.38. The average molecular weight is 645 g/mol. The number of hydrogen-bond acceptors (Lipinski definition) is 8. The van der Waals surface area contributed by atoms with Gasteiger partial charge in [-0.05, 0) is 70.1 Å². The Kier molecular flexibility index (Phi) is 11.9. The molecular weight excluding hydrogens is 592 g/mol. The number of carbonyl (C=O) groups is 6. The number of Topliss-reactive ketones (excluding diaryl/α,β-unsaturated/α-hetero) is 1. The molecule has 0 aromatic heterocycles. The van der Waals surface area contributed by atoms with E-state index in [1.54, 1.807) is 61.5 Å². The highest BCUT2D eigenvalue weighted by atomic mass is 16.6. The van der Waals surface area contributed by atoms with Crippen LogP contribution in [-0.2, 0) is 33.4 Å². The number of alkyl carbamates (subject to hydrolysis) is 1. The first-order valence-corrected chi connectivity index (χ1v) is 15.7. The molecule has 0 spiro atoms. The molecule has 3 N–H and O–H groups in total. The van der Waals surface area contributed by atoms with E-state index in [2.05, 4.69) is 28.4 Å². The summed E-state index contributed by atoms with van der Waals surface area (Å²) in [6.07, 6.45) is 6.36. The summed E-state index contributed by atoms with van der Waals surface area (Å²) in [5, 5.41) is 7.83. The molecule has 1 aliphatic heterocycles. The molecule has 12 nitrogen and oxygen atoms in total. The number of ketones is 1. The molecule has 5 atom stereocenters. The van der Waals surface area contributed by atoms with E-state index >= 15 is 0 Å². The first-order chi connectivity index (χ1) is 21.0. The van der Waals surface area contributed by atoms with Gasteiger partial charge < -0.3 is 30.3 Å². The Morgan fingerprint density at radius 3 is 2.15 bits per heavy atom. The lowest BCUT2D eigenvalue weighted by molar-refractivity contribution is -0.151. The minimum absolute atomic E-state index is 0.0409. The van der Waals surface area contributed by atoms with Gasteiger partial charge >= 0.3 is 12.1 Å². The summed E-state index contributed by atoms with van der Waals surface area (Å²) < 4.78 is 10.5. The largest absolute Gasteiger partial charge is 0.446 e. The van der Waals surface area contributed by atoms with Gasteiger partial charge in [-0.3, -0.25) is 24.0 Å². The summed E-state index contributed by atoms with van der Waals surface area (Å²) in [4.78, 5) is 80.2. The predicted molar refractivity (Wildman–Crippen MR) is 172 cm³/mol. The second-order valence-electron chi connectivity index (χ2n) is 15.3. The second-order valence-corrected chi connectivity index (χ2v) is 15.3. The molecule has 1 heterocycles. The molecule has 1 saturated heterocycles. The predicted octanol–water partition coefficient (Wildman–Crippen LogP) is 2.89. The van der Waals surface area contributed by atoms with Crippen molar-refractivity contribution in [3.8, 4) is 12.3 Å². The number of nitrogens with zero attached hydrogens (tertiary/aromatic N) is 1. The van der Waals surface area contributed by atoms with Gasteiger partial charge in [0.15, 0.2) is 5.60 Å². The van der Waals surface area contributed by atoms with Crippen molar-refractivity contribution < 1.29 is 38.2 Å². The molecule has 4 amide bonds. The highest BCUT2D eigenvalue weighted by Crippen LogP contribution is 2.65. The number of rotatable bonds is 13. The molecule has 0 radical (unpaired) electrons. The summed E-state index contributed by atoms with van der Waals surface area (Å²) >= 11 is 0. The van der Waals surface area contributed by atoms with Crippen LogP contribution in [0.15, 0.2) is 12.7 Å². The van der Waals surface area contributed by atoms with Crippen LogP contribution in [0.2, 0.25) is 0 Å². The van der Waals surface area contributed by atoms with E-state index < -0.39 is 70.3 Å². The van der Waals surface area contributed by atoms with E-state index in [4.69, 9.17) is 15.9 Å². The molecule has 0 bridgehead atoms. The Morgan fingerprint density at radius 2 is 1.63 bits per heavy atom. The van der Waals surface area contributed by atoms with Crippen molar-refractivity contribution in [2.24, 2.45) is 22.7 Å². The summed E-state index contributed by atoms with van der Waals surface area (Å²) in [7, 11) is 0. The van der Waals surface area contributed by atoms with Crippen molar-refractivity contribution in [2.45, 2.75) is 118 Å². The average Bonchev–Trinajstić information content (AvgIpc) is 3.23. The Labute approximate surface area is 273 Å². The third-order valence-corrected chi connectivity index (χ3v) is 8.38. The van der Waals surface area contributed by atoms with Gasteiger partial charge in [-0.2, -0.15) is 0 Å². The first kappa shape index (κ1) is 38.3. The highest BCUT2D eigenvalue weighted by Gasteiger charge is 2.70. The van der Waals surface area contributed by atoms with Crippen LogP contribution in [0.5, 0.6) is 0 Å². The number of carbonyl (C=O) groups excluding carboxylic acids is 6. The molecule has 12 heteroatoms. The zero-order chi connectivity index (χ0) is 35.4. The van der Waals surface area contributed by atoms with Crippen LogP contribution in [-0.4, -0.2) is 82.9 Å². The normalized spacial score (nSPS) is 21.4. The van der Waals surface area contributed by atoms with Gasteiger partial charge in [-0.1, -0.05) is 46.6 Å².